The van der Waals surface area contributed by atoms with Crippen molar-refractivity contribution in [3.63, 3.8) is 0 Å². The second-order valence-corrected chi connectivity index (χ2v) is 3.52. The summed E-state index contributed by atoms with van der Waals surface area (Å²) in [6, 6.07) is 2.01. The minimum atomic E-state index is 0.687. The molecule has 2 aromatic rings. The Morgan fingerprint density at radius 3 is 3.19 bits per heavy atom. The fraction of sp³-hybridized carbons (Fsp3) is 0.455. The first-order valence-electron chi connectivity index (χ1n) is 5.44. The van der Waals surface area contributed by atoms with Crippen molar-refractivity contribution < 1.29 is 4.74 Å². The number of anilines is 1. The number of ether oxygens (including phenoxy) is 1. The van der Waals surface area contributed by atoms with Gasteiger partial charge in [0.2, 0.25) is 0 Å². The van der Waals surface area contributed by atoms with Crippen LogP contribution in [-0.2, 0) is 4.74 Å². The minimum Gasteiger partial charge on any atom is -0.380 e. The van der Waals surface area contributed by atoms with Crippen molar-refractivity contribution >= 4 is 11.3 Å². The third-order valence-corrected chi connectivity index (χ3v) is 2.25. The van der Waals surface area contributed by atoms with Gasteiger partial charge in [0, 0.05) is 25.5 Å². The van der Waals surface area contributed by atoms with E-state index in [1.165, 1.54) is 0 Å². The molecule has 2 heterocycles. The maximum Gasteiger partial charge on any atom is 0.152 e. The molecule has 0 amide bonds. The fourth-order valence-electron chi connectivity index (χ4n) is 1.57. The van der Waals surface area contributed by atoms with Crippen LogP contribution in [0.1, 0.15) is 12.6 Å². The molecule has 2 rings (SSSR count). The molecule has 0 aliphatic heterocycles. The number of nitrogens with one attached hydrogen (secondary N) is 1. The first kappa shape index (κ1) is 10.9. The monoisotopic (exact) mass is 220 g/mol. The third-order valence-electron chi connectivity index (χ3n) is 2.25. The van der Waals surface area contributed by atoms with Gasteiger partial charge in [-0.15, -0.1) is 0 Å². The molecule has 0 spiro atoms. The standard InChI is InChI=1S/C11H16N4O/c1-3-16-7-5-13-11-10-8-9(2)14-15(10)6-4-12-11/h4,6,8H,3,5,7H2,1-2H3,(H,12,13). The van der Waals surface area contributed by atoms with Crippen LogP contribution in [0.3, 0.4) is 0 Å². The van der Waals surface area contributed by atoms with Crippen LogP contribution in [0.2, 0.25) is 0 Å². The average Bonchev–Trinajstić information content (AvgIpc) is 2.65. The molecule has 1 N–H and O–H groups in total. The number of rotatable bonds is 5. The lowest BCUT2D eigenvalue weighted by Crippen LogP contribution is -2.11. The molecule has 0 aromatic carbocycles. The molecule has 0 bridgehead atoms. The fourth-order valence-corrected chi connectivity index (χ4v) is 1.57. The van der Waals surface area contributed by atoms with Crippen LogP contribution in [0, 0.1) is 6.92 Å². The lowest BCUT2D eigenvalue weighted by molar-refractivity contribution is 0.158. The molecule has 16 heavy (non-hydrogen) atoms. The molecule has 0 saturated carbocycles. The smallest absolute Gasteiger partial charge is 0.152 e. The summed E-state index contributed by atoms with van der Waals surface area (Å²) in [4.78, 5) is 4.29. The molecule has 0 fully saturated rings. The predicted octanol–water partition coefficient (Wildman–Crippen LogP) is 1.49. The van der Waals surface area contributed by atoms with Crippen molar-refractivity contribution in [2.45, 2.75) is 13.8 Å². The van der Waals surface area contributed by atoms with E-state index in [0.29, 0.717) is 6.61 Å². The van der Waals surface area contributed by atoms with E-state index in [9.17, 15) is 0 Å². The van der Waals surface area contributed by atoms with E-state index in [4.69, 9.17) is 4.74 Å². The zero-order valence-electron chi connectivity index (χ0n) is 9.60. The van der Waals surface area contributed by atoms with E-state index < -0.39 is 0 Å². The summed E-state index contributed by atoms with van der Waals surface area (Å²) in [6.07, 6.45) is 3.58. The van der Waals surface area contributed by atoms with Crippen LogP contribution in [0.4, 0.5) is 5.82 Å². The highest BCUT2D eigenvalue weighted by atomic mass is 16.5. The number of hydrogen-bond donors (Lipinski definition) is 1. The molecule has 0 radical (unpaired) electrons. The number of aromatic nitrogens is 3. The second-order valence-electron chi connectivity index (χ2n) is 3.52. The van der Waals surface area contributed by atoms with E-state index in [2.05, 4.69) is 15.4 Å². The van der Waals surface area contributed by atoms with E-state index in [1.54, 1.807) is 6.20 Å². The summed E-state index contributed by atoms with van der Waals surface area (Å²) >= 11 is 0. The van der Waals surface area contributed by atoms with Crippen LogP contribution in [0.5, 0.6) is 0 Å². The van der Waals surface area contributed by atoms with E-state index in [1.807, 2.05) is 30.6 Å². The molecule has 0 saturated heterocycles. The maximum atomic E-state index is 5.26. The minimum absolute atomic E-state index is 0.687. The van der Waals surface area contributed by atoms with E-state index >= 15 is 0 Å². The normalized spacial score (nSPS) is 10.9. The lowest BCUT2D eigenvalue weighted by Gasteiger charge is -2.06. The molecular weight excluding hydrogens is 204 g/mol. The zero-order chi connectivity index (χ0) is 11.4. The highest BCUT2D eigenvalue weighted by Gasteiger charge is 2.03. The Bertz CT molecular complexity index is 466. The molecule has 86 valence electrons. The van der Waals surface area contributed by atoms with Gasteiger partial charge < -0.3 is 10.1 Å². The van der Waals surface area contributed by atoms with Gasteiger partial charge in [0.05, 0.1) is 12.3 Å². The molecule has 0 aliphatic carbocycles. The Kier molecular flexibility index (Phi) is 3.36. The van der Waals surface area contributed by atoms with Crippen molar-refractivity contribution in [2.75, 3.05) is 25.1 Å². The Labute approximate surface area is 94.4 Å². The summed E-state index contributed by atoms with van der Waals surface area (Å²) in [6.45, 7) is 6.14. The van der Waals surface area contributed by atoms with Gasteiger partial charge in [0.25, 0.3) is 0 Å². The van der Waals surface area contributed by atoms with E-state index in [0.717, 1.165) is 30.2 Å². The van der Waals surface area contributed by atoms with Crippen molar-refractivity contribution in [3.05, 3.63) is 24.2 Å². The zero-order valence-corrected chi connectivity index (χ0v) is 9.60. The highest BCUT2D eigenvalue weighted by molar-refractivity contribution is 5.67. The van der Waals surface area contributed by atoms with Gasteiger partial charge in [-0.3, -0.25) is 0 Å². The maximum absolute atomic E-state index is 5.26. The Hall–Kier alpha value is -1.62. The Balaban J connectivity index is 2.11. The summed E-state index contributed by atoms with van der Waals surface area (Å²) in [5, 5.41) is 7.56. The quantitative estimate of drug-likeness (QED) is 0.775. The first-order chi connectivity index (χ1) is 7.81. The molecular formula is C11H16N4O. The van der Waals surface area contributed by atoms with Crippen LogP contribution in [0.15, 0.2) is 18.5 Å². The second kappa shape index (κ2) is 4.94. The van der Waals surface area contributed by atoms with E-state index in [-0.39, 0.29) is 0 Å². The highest BCUT2D eigenvalue weighted by Crippen LogP contribution is 2.13. The number of nitrogens with zero attached hydrogens (tertiary/aromatic N) is 3. The van der Waals surface area contributed by atoms with Gasteiger partial charge in [-0.2, -0.15) is 5.10 Å². The molecule has 0 atom stereocenters. The molecule has 5 heteroatoms. The van der Waals surface area contributed by atoms with Crippen LogP contribution < -0.4 is 5.32 Å². The van der Waals surface area contributed by atoms with Gasteiger partial charge in [-0.25, -0.2) is 9.50 Å². The van der Waals surface area contributed by atoms with Gasteiger partial charge in [-0.05, 0) is 19.9 Å². The number of fused-ring (bicyclic) bond motifs is 1. The summed E-state index contributed by atoms with van der Waals surface area (Å²) < 4.78 is 7.08. The molecule has 0 aliphatic rings. The topological polar surface area (TPSA) is 51.5 Å². The summed E-state index contributed by atoms with van der Waals surface area (Å²) in [5.74, 6) is 0.850. The molecule has 0 unspecified atom stereocenters. The van der Waals surface area contributed by atoms with Crippen LogP contribution in [0.25, 0.3) is 5.52 Å². The van der Waals surface area contributed by atoms with Crippen LogP contribution in [-0.4, -0.2) is 34.4 Å². The molecule has 5 nitrogen and oxygen atoms in total. The number of aryl methyl sites for hydroxylation is 1. The molecule has 2 aromatic heterocycles. The van der Waals surface area contributed by atoms with Gasteiger partial charge in [0.1, 0.15) is 5.52 Å². The van der Waals surface area contributed by atoms with Crippen molar-refractivity contribution in [1.82, 2.24) is 14.6 Å². The first-order valence-corrected chi connectivity index (χ1v) is 5.44. The predicted molar refractivity (Wildman–Crippen MR) is 62.7 cm³/mol. The summed E-state index contributed by atoms with van der Waals surface area (Å²) in [7, 11) is 0. The lowest BCUT2D eigenvalue weighted by atomic mass is 10.4. The Morgan fingerprint density at radius 1 is 1.50 bits per heavy atom. The van der Waals surface area contributed by atoms with Crippen molar-refractivity contribution in [2.24, 2.45) is 0 Å². The number of hydrogen-bond acceptors (Lipinski definition) is 4. The largest absolute Gasteiger partial charge is 0.380 e. The third kappa shape index (κ3) is 2.30. The Morgan fingerprint density at radius 2 is 2.38 bits per heavy atom. The summed E-state index contributed by atoms with van der Waals surface area (Å²) in [5.41, 5.74) is 1.98. The average molecular weight is 220 g/mol. The van der Waals surface area contributed by atoms with Gasteiger partial charge in [0.15, 0.2) is 5.82 Å². The van der Waals surface area contributed by atoms with Crippen molar-refractivity contribution in [1.29, 1.82) is 0 Å². The van der Waals surface area contributed by atoms with Gasteiger partial charge in [-0.1, -0.05) is 0 Å². The SMILES string of the molecule is CCOCCNc1nccn2nc(C)cc12. The van der Waals surface area contributed by atoms with Crippen LogP contribution >= 0.6 is 0 Å². The van der Waals surface area contributed by atoms with Crippen molar-refractivity contribution in [3.8, 4) is 0 Å². The van der Waals surface area contributed by atoms with Gasteiger partial charge >= 0.3 is 0 Å².